The molecule has 3 heterocycles. The molecule has 0 aliphatic carbocycles. The lowest BCUT2D eigenvalue weighted by Crippen LogP contribution is -2.24. The molecule has 3 aromatic rings. The number of unbranched alkanes of at least 4 members (excludes halogenated alkanes) is 1. The van der Waals surface area contributed by atoms with Crippen LogP contribution in [0.1, 0.15) is 33.1 Å². The summed E-state index contributed by atoms with van der Waals surface area (Å²) in [6.45, 7) is 7.36. The van der Waals surface area contributed by atoms with Crippen molar-refractivity contribution in [2.24, 2.45) is 0 Å². The Labute approximate surface area is 227 Å². The highest BCUT2D eigenvalue weighted by Gasteiger charge is 2.22. The van der Waals surface area contributed by atoms with Gasteiger partial charge in [-0.2, -0.15) is 0 Å². The van der Waals surface area contributed by atoms with Crippen LogP contribution in [0.4, 0.5) is 11.8 Å². The number of methoxy groups -OCH3 is 2. The maximum absolute atomic E-state index is 6.70. The number of hydrogen-bond acceptors (Lipinski definition) is 9. The van der Waals surface area contributed by atoms with Crippen LogP contribution in [0, 0.1) is 0 Å². The molecule has 1 saturated heterocycles. The van der Waals surface area contributed by atoms with E-state index < -0.39 is 0 Å². The van der Waals surface area contributed by atoms with E-state index in [1.807, 2.05) is 6.07 Å². The van der Waals surface area contributed by atoms with Gasteiger partial charge in [-0.05, 0) is 31.9 Å². The van der Waals surface area contributed by atoms with E-state index in [1.165, 1.54) is 0 Å². The standard InChI is InChI=1S/C26H34Cl2N6O3/c1-15(2)29-8-5-6-9-30-25-24-16(13-31-26(34-24)32-17-7-10-37-14-17)11-18(33-25)21-22(27)19(35-3)12-20(36-4)23(21)28/h11-13,15,17,29H,5-10,14H2,1-4H3,(H,30,33)(H,31,32,34). The van der Waals surface area contributed by atoms with Gasteiger partial charge in [-0.25, -0.2) is 15.0 Å². The second-order valence-corrected chi connectivity index (χ2v) is 9.98. The number of rotatable bonds is 12. The molecule has 200 valence electrons. The lowest BCUT2D eigenvalue weighted by atomic mass is 10.1. The molecule has 0 saturated carbocycles. The summed E-state index contributed by atoms with van der Waals surface area (Å²) in [5.41, 5.74) is 1.80. The Morgan fingerprint density at radius 1 is 1.05 bits per heavy atom. The quantitative estimate of drug-likeness (QED) is 0.256. The Bertz CT molecular complexity index is 1190. The van der Waals surface area contributed by atoms with Gasteiger partial charge in [-0.3, -0.25) is 0 Å². The van der Waals surface area contributed by atoms with E-state index in [2.05, 4.69) is 34.8 Å². The van der Waals surface area contributed by atoms with Crippen LogP contribution in [-0.2, 0) is 4.74 Å². The van der Waals surface area contributed by atoms with Gasteiger partial charge >= 0.3 is 0 Å². The molecule has 1 unspecified atom stereocenters. The molecule has 11 heteroatoms. The monoisotopic (exact) mass is 548 g/mol. The normalized spacial score (nSPS) is 15.4. The van der Waals surface area contributed by atoms with Gasteiger partial charge in [0.25, 0.3) is 0 Å². The van der Waals surface area contributed by atoms with E-state index in [-0.39, 0.29) is 6.04 Å². The third kappa shape index (κ3) is 6.65. The van der Waals surface area contributed by atoms with Gasteiger partial charge in [-0.1, -0.05) is 37.0 Å². The summed E-state index contributed by atoms with van der Waals surface area (Å²) in [6.07, 6.45) is 4.71. The molecule has 0 bridgehead atoms. The lowest BCUT2D eigenvalue weighted by Gasteiger charge is -2.17. The molecular formula is C26H34Cl2N6O3. The van der Waals surface area contributed by atoms with Gasteiger partial charge in [0, 0.05) is 42.4 Å². The highest BCUT2D eigenvalue weighted by molar-refractivity contribution is 6.41. The molecule has 1 aliphatic heterocycles. The molecule has 1 fully saturated rings. The van der Waals surface area contributed by atoms with Crippen molar-refractivity contribution in [3.63, 3.8) is 0 Å². The summed E-state index contributed by atoms with van der Waals surface area (Å²) in [6, 6.07) is 4.20. The van der Waals surface area contributed by atoms with Crippen LogP contribution in [0.25, 0.3) is 22.2 Å². The second-order valence-electron chi connectivity index (χ2n) is 9.22. The summed E-state index contributed by atoms with van der Waals surface area (Å²) in [5.74, 6) is 2.07. The minimum atomic E-state index is 0.191. The Kier molecular flexibility index (Phi) is 9.48. The molecule has 9 nitrogen and oxygen atoms in total. The van der Waals surface area contributed by atoms with Crippen molar-refractivity contribution in [1.29, 1.82) is 0 Å². The van der Waals surface area contributed by atoms with Crippen molar-refractivity contribution in [3.8, 4) is 22.8 Å². The molecule has 0 radical (unpaired) electrons. The van der Waals surface area contributed by atoms with E-state index in [0.717, 1.165) is 44.3 Å². The molecule has 1 aromatic carbocycles. The van der Waals surface area contributed by atoms with Gasteiger partial charge in [0.15, 0.2) is 5.82 Å². The fraction of sp³-hybridized carbons (Fsp3) is 0.500. The highest BCUT2D eigenvalue weighted by Crippen LogP contribution is 2.46. The van der Waals surface area contributed by atoms with Crippen LogP contribution >= 0.6 is 23.2 Å². The zero-order valence-corrected chi connectivity index (χ0v) is 23.2. The summed E-state index contributed by atoms with van der Waals surface area (Å²) in [7, 11) is 3.09. The topological polar surface area (TPSA) is 102 Å². The number of ether oxygens (including phenoxy) is 3. The number of nitrogens with one attached hydrogen (secondary N) is 3. The van der Waals surface area contributed by atoms with Gasteiger partial charge < -0.3 is 30.2 Å². The second kappa shape index (κ2) is 12.8. The van der Waals surface area contributed by atoms with Crippen molar-refractivity contribution in [2.45, 2.75) is 45.2 Å². The predicted octanol–water partition coefficient (Wildman–Crippen LogP) is 5.41. The lowest BCUT2D eigenvalue weighted by molar-refractivity contribution is 0.195. The molecule has 1 aliphatic rings. The number of benzene rings is 1. The number of halogens is 2. The number of pyridine rings is 1. The van der Waals surface area contributed by atoms with Crippen LogP contribution in [0.3, 0.4) is 0 Å². The van der Waals surface area contributed by atoms with Crippen molar-refractivity contribution in [2.75, 3.05) is 51.2 Å². The maximum Gasteiger partial charge on any atom is 0.223 e. The Hall–Kier alpha value is -2.59. The molecule has 0 amide bonds. The first-order chi connectivity index (χ1) is 17.9. The fourth-order valence-corrected chi connectivity index (χ4v) is 4.84. The third-order valence-corrected chi connectivity index (χ3v) is 6.86. The first-order valence-corrected chi connectivity index (χ1v) is 13.3. The molecule has 1 atom stereocenters. The first-order valence-electron chi connectivity index (χ1n) is 12.5. The van der Waals surface area contributed by atoms with Gasteiger partial charge in [0.2, 0.25) is 5.95 Å². The number of hydrogen-bond donors (Lipinski definition) is 3. The maximum atomic E-state index is 6.70. The Balaban J connectivity index is 1.71. The van der Waals surface area contributed by atoms with Crippen LogP contribution in [-0.4, -0.2) is 67.6 Å². The van der Waals surface area contributed by atoms with Gasteiger partial charge in [0.05, 0.1) is 42.6 Å². The zero-order chi connectivity index (χ0) is 26.4. The van der Waals surface area contributed by atoms with Crippen molar-refractivity contribution in [1.82, 2.24) is 20.3 Å². The molecule has 0 spiro atoms. The summed E-state index contributed by atoms with van der Waals surface area (Å²) < 4.78 is 16.4. The Morgan fingerprint density at radius 2 is 1.78 bits per heavy atom. The molecule has 37 heavy (non-hydrogen) atoms. The third-order valence-electron chi connectivity index (χ3n) is 6.11. The first kappa shape index (κ1) is 27.4. The number of aromatic nitrogens is 3. The van der Waals surface area contributed by atoms with Gasteiger partial charge in [-0.15, -0.1) is 0 Å². The van der Waals surface area contributed by atoms with Crippen LogP contribution in [0.2, 0.25) is 10.0 Å². The van der Waals surface area contributed by atoms with E-state index in [0.29, 0.717) is 62.7 Å². The summed E-state index contributed by atoms with van der Waals surface area (Å²) >= 11 is 13.4. The van der Waals surface area contributed by atoms with Crippen LogP contribution in [0.15, 0.2) is 18.3 Å². The summed E-state index contributed by atoms with van der Waals surface area (Å²) in [4.78, 5) is 14.2. The van der Waals surface area contributed by atoms with Crippen molar-refractivity contribution >= 4 is 45.9 Å². The predicted molar refractivity (Wildman–Crippen MR) is 150 cm³/mol. The highest BCUT2D eigenvalue weighted by atomic mass is 35.5. The minimum Gasteiger partial charge on any atom is -0.495 e. The average molecular weight is 550 g/mol. The number of anilines is 2. The zero-order valence-electron chi connectivity index (χ0n) is 21.7. The molecule has 3 N–H and O–H groups in total. The number of nitrogens with zero attached hydrogens (tertiary/aromatic N) is 3. The largest absolute Gasteiger partial charge is 0.495 e. The van der Waals surface area contributed by atoms with E-state index >= 15 is 0 Å². The molecular weight excluding hydrogens is 515 g/mol. The summed E-state index contributed by atoms with van der Waals surface area (Å²) in [5, 5.41) is 11.8. The van der Waals surface area contributed by atoms with E-state index in [1.54, 1.807) is 26.5 Å². The SMILES string of the molecule is COc1cc(OC)c(Cl)c(-c2cc3cnc(NC4CCOC4)nc3c(NCCCCNC(C)C)n2)c1Cl. The molecule has 2 aromatic heterocycles. The van der Waals surface area contributed by atoms with Gasteiger partial charge in [0.1, 0.15) is 17.0 Å². The van der Waals surface area contributed by atoms with Crippen LogP contribution in [0.5, 0.6) is 11.5 Å². The average Bonchev–Trinajstić information content (AvgIpc) is 3.39. The minimum absolute atomic E-state index is 0.191. The number of fused-ring (bicyclic) bond motifs is 1. The van der Waals surface area contributed by atoms with Crippen molar-refractivity contribution < 1.29 is 14.2 Å². The molecule has 4 rings (SSSR count). The fourth-order valence-electron chi connectivity index (χ4n) is 4.15. The Morgan fingerprint density at radius 3 is 2.43 bits per heavy atom. The van der Waals surface area contributed by atoms with Crippen LogP contribution < -0.4 is 25.4 Å². The van der Waals surface area contributed by atoms with E-state index in [4.69, 9.17) is 47.4 Å². The van der Waals surface area contributed by atoms with E-state index in [9.17, 15) is 0 Å². The van der Waals surface area contributed by atoms with Crippen molar-refractivity contribution in [3.05, 3.63) is 28.4 Å². The smallest absolute Gasteiger partial charge is 0.223 e.